The van der Waals surface area contributed by atoms with Crippen LogP contribution < -0.4 is 10.1 Å². The summed E-state index contributed by atoms with van der Waals surface area (Å²) in [5.74, 6) is 1.84. The molecule has 0 bridgehead atoms. The predicted octanol–water partition coefficient (Wildman–Crippen LogP) is 3.71. The van der Waals surface area contributed by atoms with Crippen molar-refractivity contribution >= 4 is 5.91 Å². The Balaban J connectivity index is 1.54. The molecule has 1 amide bonds. The molecule has 0 aliphatic heterocycles. The van der Waals surface area contributed by atoms with Crippen molar-refractivity contribution in [2.75, 3.05) is 13.7 Å². The number of carbonyl (C=O) groups is 1. The first-order valence-corrected chi connectivity index (χ1v) is 8.17. The van der Waals surface area contributed by atoms with Crippen LogP contribution in [0.15, 0.2) is 24.3 Å². The van der Waals surface area contributed by atoms with Crippen LogP contribution in [0.3, 0.4) is 0 Å². The SMILES string of the molecule is COc1ccc(CCCCC(=O)NCC2CCCC2)cc1. The van der Waals surface area contributed by atoms with E-state index in [1.54, 1.807) is 7.11 Å². The molecule has 0 unspecified atom stereocenters. The number of ether oxygens (including phenoxy) is 1. The molecule has 3 nitrogen and oxygen atoms in total. The van der Waals surface area contributed by atoms with Gasteiger partial charge in [0.05, 0.1) is 7.11 Å². The number of unbranched alkanes of at least 4 members (excludes halogenated alkanes) is 1. The van der Waals surface area contributed by atoms with Crippen LogP contribution >= 0.6 is 0 Å². The van der Waals surface area contributed by atoms with Crippen molar-refractivity contribution in [1.82, 2.24) is 5.32 Å². The summed E-state index contributed by atoms with van der Waals surface area (Å²) in [5.41, 5.74) is 1.31. The number of hydrogen-bond acceptors (Lipinski definition) is 2. The van der Waals surface area contributed by atoms with Crippen molar-refractivity contribution in [3.8, 4) is 5.75 Å². The van der Waals surface area contributed by atoms with Crippen LogP contribution in [0.25, 0.3) is 0 Å². The number of nitrogens with one attached hydrogen (secondary N) is 1. The van der Waals surface area contributed by atoms with Crippen LogP contribution in [-0.4, -0.2) is 19.6 Å². The minimum absolute atomic E-state index is 0.219. The molecule has 2 rings (SSSR count). The molecule has 1 N–H and O–H groups in total. The van der Waals surface area contributed by atoms with Gasteiger partial charge in [0, 0.05) is 13.0 Å². The second kappa shape index (κ2) is 8.71. The van der Waals surface area contributed by atoms with E-state index in [4.69, 9.17) is 4.74 Å². The molecular formula is C18H27NO2. The summed E-state index contributed by atoms with van der Waals surface area (Å²) in [6.45, 7) is 0.886. The van der Waals surface area contributed by atoms with Gasteiger partial charge in [-0.2, -0.15) is 0 Å². The van der Waals surface area contributed by atoms with Crippen LogP contribution in [0, 0.1) is 5.92 Å². The van der Waals surface area contributed by atoms with E-state index in [-0.39, 0.29) is 5.91 Å². The summed E-state index contributed by atoms with van der Waals surface area (Å²) in [6.07, 6.45) is 8.95. The van der Waals surface area contributed by atoms with E-state index in [2.05, 4.69) is 17.4 Å². The van der Waals surface area contributed by atoms with Crippen molar-refractivity contribution in [1.29, 1.82) is 0 Å². The normalized spacial score (nSPS) is 15.1. The number of aryl methyl sites for hydroxylation is 1. The minimum Gasteiger partial charge on any atom is -0.497 e. The van der Waals surface area contributed by atoms with E-state index >= 15 is 0 Å². The van der Waals surface area contributed by atoms with E-state index < -0.39 is 0 Å². The highest BCUT2D eigenvalue weighted by atomic mass is 16.5. The summed E-state index contributed by atoms with van der Waals surface area (Å²) in [5, 5.41) is 3.08. The van der Waals surface area contributed by atoms with Gasteiger partial charge in [0.2, 0.25) is 5.91 Å². The van der Waals surface area contributed by atoms with Gasteiger partial charge in [-0.15, -0.1) is 0 Å². The van der Waals surface area contributed by atoms with E-state index in [1.807, 2.05) is 12.1 Å². The summed E-state index contributed by atoms with van der Waals surface area (Å²) >= 11 is 0. The van der Waals surface area contributed by atoms with Crippen LogP contribution in [0.5, 0.6) is 5.75 Å². The lowest BCUT2D eigenvalue weighted by molar-refractivity contribution is -0.121. The number of benzene rings is 1. The third kappa shape index (κ3) is 5.78. The number of hydrogen-bond donors (Lipinski definition) is 1. The minimum atomic E-state index is 0.219. The second-order valence-electron chi connectivity index (χ2n) is 6.01. The van der Waals surface area contributed by atoms with Crippen LogP contribution in [0.1, 0.15) is 50.5 Å². The lowest BCUT2D eigenvalue weighted by Gasteiger charge is -2.10. The Labute approximate surface area is 128 Å². The average Bonchev–Trinajstić information content (AvgIpc) is 3.03. The molecule has 0 atom stereocenters. The van der Waals surface area contributed by atoms with Gasteiger partial charge in [-0.1, -0.05) is 25.0 Å². The molecule has 0 aromatic heterocycles. The lowest BCUT2D eigenvalue weighted by Crippen LogP contribution is -2.28. The monoisotopic (exact) mass is 289 g/mol. The average molecular weight is 289 g/mol. The van der Waals surface area contributed by atoms with Crippen molar-refractivity contribution in [2.45, 2.75) is 51.4 Å². The van der Waals surface area contributed by atoms with Crippen molar-refractivity contribution in [3.05, 3.63) is 29.8 Å². The molecule has 0 radical (unpaired) electrons. The first-order valence-electron chi connectivity index (χ1n) is 8.17. The van der Waals surface area contributed by atoms with Crippen molar-refractivity contribution in [2.24, 2.45) is 5.92 Å². The number of carbonyl (C=O) groups excluding carboxylic acids is 1. The Morgan fingerprint density at radius 3 is 2.57 bits per heavy atom. The molecule has 3 heteroatoms. The molecule has 21 heavy (non-hydrogen) atoms. The van der Waals surface area contributed by atoms with Gasteiger partial charge >= 0.3 is 0 Å². The Morgan fingerprint density at radius 1 is 1.19 bits per heavy atom. The topological polar surface area (TPSA) is 38.3 Å². The van der Waals surface area contributed by atoms with E-state index in [0.717, 1.165) is 37.5 Å². The van der Waals surface area contributed by atoms with E-state index in [9.17, 15) is 4.79 Å². The Bertz CT molecular complexity index is 421. The maximum atomic E-state index is 11.8. The van der Waals surface area contributed by atoms with Crippen LogP contribution in [0.2, 0.25) is 0 Å². The van der Waals surface area contributed by atoms with Gasteiger partial charge in [0.15, 0.2) is 0 Å². The molecule has 0 heterocycles. The Hall–Kier alpha value is -1.51. The molecule has 1 aromatic rings. The number of rotatable bonds is 8. The van der Waals surface area contributed by atoms with Crippen molar-refractivity contribution < 1.29 is 9.53 Å². The fourth-order valence-electron chi connectivity index (χ4n) is 2.97. The third-order valence-corrected chi connectivity index (χ3v) is 4.34. The molecule has 1 aromatic carbocycles. The maximum Gasteiger partial charge on any atom is 0.220 e. The zero-order valence-corrected chi connectivity index (χ0v) is 13.1. The highest BCUT2D eigenvalue weighted by Crippen LogP contribution is 2.23. The highest BCUT2D eigenvalue weighted by molar-refractivity contribution is 5.75. The first-order chi connectivity index (χ1) is 10.3. The Morgan fingerprint density at radius 2 is 1.90 bits per heavy atom. The van der Waals surface area contributed by atoms with E-state index in [0.29, 0.717) is 6.42 Å². The zero-order chi connectivity index (χ0) is 14.9. The fraction of sp³-hybridized carbons (Fsp3) is 0.611. The first kappa shape index (κ1) is 15.9. The lowest BCUT2D eigenvalue weighted by atomic mass is 10.1. The molecule has 1 aliphatic carbocycles. The molecule has 0 saturated heterocycles. The summed E-state index contributed by atoms with van der Waals surface area (Å²) < 4.78 is 5.14. The van der Waals surface area contributed by atoms with Gasteiger partial charge in [-0.3, -0.25) is 4.79 Å². The standard InChI is InChI=1S/C18H27NO2/c1-21-17-12-10-15(11-13-17)6-4-5-9-18(20)19-14-16-7-2-3-8-16/h10-13,16H,2-9,14H2,1H3,(H,19,20). The van der Waals surface area contributed by atoms with Crippen molar-refractivity contribution in [3.63, 3.8) is 0 Å². The zero-order valence-electron chi connectivity index (χ0n) is 13.1. The predicted molar refractivity (Wildman–Crippen MR) is 85.5 cm³/mol. The molecule has 1 saturated carbocycles. The Kier molecular flexibility index (Phi) is 6.58. The van der Waals surface area contributed by atoms with Gasteiger partial charge in [0.1, 0.15) is 5.75 Å². The van der Waals surface area contributed by atoms with Gasteiger partial charge in [0.25, 0.3) is 0 Å². The van der Waals surface area contributed by atoms with E-state index in [1.165, 1.54) is 31.2 Å². The molecule has 116 valence electrons. The maximum absolute atomic E-state index is 11.8. The molecule has 1 fully saturated rings. The summed E-state index contributed by atoms with van der Waals surface area (Å²) in [7, 11) is 1.68. The number of amides is 1. The van der Waals surface area contributed by atoms with Gasteiger partial charge in [-0.05, 0) is 55.7 Å². The summed E-state index contributed by atoms with van der Waals surface area (Å²) in [6, 6.07) is 8.17. The quantitative estimate of drug-likeness (QED) is 0.741. The van der Waals surface area contributed by atoms with Crippen LogP contribution in [0.4, 0.5) is 0 Å². The second-order valence-corrected chi connectivity index (χ2v) is 6.01. The van der Waals surface area contributed by atoms with Gasteiger partial charge in [-0.25, -0.2) is 0 Å². The summed E-state index contributed by atoms with van der Waals surface area (Å²) in [4.78, 5) is 11.8. The molecular weight excluding hydrogens is 262 g/mol. The van der Waals surface area contributed by atoms with Gasteiger partial charge < -0.3 is 10.1 Å². The smallest absolute Gasteiger partial charge is 0.220 e. The fourth-order valence-corrected chi connectivity index (χ4v) is 2.97. The molecule has 0 spiro atoms. The van der Waals surface area contributed by atoms with Crippen LogP contribution in [-0.2, 0) is 11.2 Å². The molecule has 1 aliphatic rings. The third-order valence-electron chi connectivity index (χ3n) is 4.34. The largest absolute Gasteiger partial charge is 0.497 e. The number of methoxy groups -OCH3 is 1. The highest BCUT2D eigenvalue weighted by Gasteiger charge is 2.15.